The van der Waals surface area contributed by atoms with Gasteiger partial charge < -0.3 is 9.80 Å². The summed E-state index contributed by atoms with van der Waals surface area (Å²) >= 11 is 3.22. The monoisotopic (exact) mass is 1050 g/mol. The standard InChI is InChI=1S/C70H84N2O2S2/c1-5-9-13-17-19-23-31-55(29-21-15-11-7-3)51-71-67(63-47-45-61(75-63)43-39-53-37-41-57-33-25-27-35-59(57)49-53)65-66(69(71)73)68(64-48-46-62(76-64)44-40-54-38-42-58-34-26-28-36-60(58)50-54)72(70(65)74)52-56(30-22-16-12-8-4)32-24-20-18-14-10-6-2/h25-28,33-38,41-42,45-50,55-56H,5-24,29-32,51-52H2,1-4H3. The van der Waals surface area contributed by atoms with Crippen LogP contribution in [0.5, 0.6) is 0 Å². The first-order valence-electron chi connectivity index (χ1n) is 29.7. The number of benzene rings is 4. The molecule has 4 heterocycles. The minimum absolute atomic E-state index is 0.0258. The predicted molar refractivity (Wildman–Crippen MR) is 326 cm³/mol. The Bertz CT molecular complexity index is 2850. The second-order valence-corrected chi connectivity index (χ2v) is 23.9. The fourth-order valence-corrected chi connectivity index (χ4v) is 13.3. The predicted octanol–water partition coefficient (Wildman–Crippen LogP) is 19.4. The molecule has 2 aliphatic rings. The van der Waals surface area contributed by atoms with Crippen molar-refractivity contribution in [2.24, 2.45) is 11.8 Å². The average molecular weight is 1050 g/mol. The molecule has 2 atom stereocenters. The van der Waals surface area contributed by atoms with Crippen LogP contribution in [0.3, 0.4) is 0 Å². The molecule has 6 heteroatoms. The molecule has 0 spiro atoms. The number of hydrogen-bond acceptors (Lipinski definition) is 4. The minimum Gasteiger partial charge on any atom is -0.306 e. The van der Waals surface area contributed by atoms with Gasteiger partial charge in [-0.3, -0.25) is 9.59 Å². The topological polar surface area (TPSA) is 40.6 Å². The van der Waals surface area contributed by atoms with Gasteiger partial charge in [0.1, 0.15) is 0 Å². The molecule has 0 radical (unpaired) electrons. The summed E-state index contributed by atoms with van der Waals surface area (Å²) in [5.74, 6) is 14.5. The number of rotatable bonds is 30. The van der Waals surface area contributed by atoms with Gasteiger partial charge in [-0.15, -0.1) is 22.7 Å². The molecular formula is C70H84N2O2S2. The van der Waals surface area contributed by atoms with Crippen molar-refractivity contribution in [3.8, 4) is 23.7 Å². The van der Waals surface area contributed by atoms with Crippen LogP contribution in [-0.2, 0) is 9.59 Å². The Morgan fingerprint density at radius 3 is 1.11 bits per heavy atom. The Morgan fingerprint density at radius 1 is 0.382 bits per heavy atom. The van der Waals surface area contributed by atoms with Gasteiger partial charge in [-0.2, -0.15) is 0 Å². The maximum absolute atomic E-state index is 15.9. The number of unbranched alkanes of at least 4 members (excludes halogenated alkanes) is 16. The molecule has 0 N–H and O–H groups in total. The molecule has 2 unspecified atom stereocenters. The second-order valence-electron chi connectivity index (χ2n) is 21.8. The van der Waals surface area contributed by atoms with Crippen LogP contribution in [0.2, 0.25) is 0 Å². The van der Waals surface area contributed by atoms with E-state index in [9.17, 15) is 0 Å². The average Bonchev–Trinajstić information content (AvgIpc) is 4.29. The van der Waals surface area contributed by atoms with Crippen molar-refractivity contribution in [3.63, 3.8) is 0 Å². The molecule has 398 valence electrons. The summed E-state index contributed by atoms with van der Waals surface area (Å²) < 4.78 is 0. The normalized spacial score (nSPS) is 14.2. The molecule has 4 aromatic carbocycles. The number of amides is 2. The van der Waals surface area contributed by atoms with Crippen LogP contribution in [0, 0.1) is 35.5 Å². The van der Waals surface area contributed by atoms with Crippen molar-refractivity contribution in [2.45, 2.75) is 182 Å². The van der Waals surface area contributed by atoms with E-state index in [4.69, 9.17) is 0 Å². The molecule has 2 aliphatic heterocycles. The van der Waals surface area contributed by atoms with E-state index in [2.05, 4.69) is 170 Å². The summed E-state index contributed by atoms with van der Waals surface area (Å²) in [6, 6.07) is 38.0. The van der Waals surface area contributed by atoms with E-state index in [-0.39, 0.29) is 11.8 Å². The van der Waals surface area contributed by atoms with Gasteiger partial charge in [0.25, 0.3) is 11.8 Å². The molecule has 4 nitrogen and oxygen atoms in total. The van der Waals surface area contributed by atoms with Gasteiger partial charge in [0.05, 0.1) is 42.0 Å². The molecule has 0 saturated carbocycles. The molecule has 76 heavy (non-hydrogen) atoms. The first-order valence-corrected chi connectivity index (χ1v) is 31.4. The van der Waals surface area contributed by atoms with Gasteiger partial charge in [-0.25, -0.2) is 0 Å². The van der Waals surface area contributed by atoms with Crippen LogP contribution in [0.15, 0.2) is 120 Å². The highest BCUT2D eigenvalue weighted by Crippen LogP contribution is 2.50. The van der Waals surface area contributed by atoms with Crippen molar-refractivity contribution in [1.82, 2.24) is 9.80 Å². The lowest BCUT2D eigenvalue weighted by atomic mass is 9.93. The highest BCUT2D eigenvalue weighted by atomic mass is 32.1. The van der Waals surface area contributed by atoms with Crippen molar-refractivity contribution < 1.29 is 9.59 Å². The van der Waals surface area contributed by atoms with E-state index in [1.807, 2.05) is 0 Å². The third-order valence-corrected chi connectivity index (χ3v) is 17.8. The highest BCUT2D eigenvalue weighted by Gasteiger charge is 2.50. The third kappa shape index (κ3) is 15.3. The zero-order valence-corrected chi connectivity index (χ0v) is 48.1. The van der Waals surface area contributed by atoms with Crippen molar-refractivity contribution in [1.29, 1.82) is 0 Å². The third-order valence-electron chi connectivity index (χ3n) is 15.8. The quantitative estimate of drug-likeness (QED) is 0.0333. The molecule has 0 bridgehead atoms. The van der Waals surface area contributed by atoms with Gasteiger partial charge in [0.2, 0.25) is 0 Å². The summed E-state index contributed by atoms with van der Waals surface area (Å²) in [5.41, 5.74) is 4.68. The highest BCUT2D eigenvalue weighted by molar-refractivity contribution is 7.14. The summed E-state index contributed by atoms with van der Waals surface area (Å²) in [7, 11) is 0. The maximum Gasteiger partial charge on any atom is 0.261 e. The Labute approximate surface area is 465 Å². The van der Waals surface area contributed by atoms with E-state index in [1.165, 1.54) is 137 Å². The number of hydrogen-bond donors (Lipinski definition) is 0. The van der Waals surface area contributed by atoms with Crippen molar-refractivity contribution in [2.75, 3.05) is 13.1 Å². The number of fused-ring (bicyclic) bond motifs is 3. The Kier molecular flexibility index (Phi) is 22.1. The zero-order chi connectivity index (χ0) is 52.9. The van der Waals surface area contributed by atoms with E-state index in [0.29, 0.717) is 36.1 Å². The van der Waals surface area contributed by atoms with Crippen LogP contribution < -0.4 is 0 Å². The lowest BCUT2D eigenvalue weighted by Crippen LogP contribution is -2.34. The lowest BCUT2D eigenvalue weighted by molar-refractivity contribution is -0.124. The Hall–Kier alpha value is -5.66. The van der Waals surface area contributed by atoms with Crippen LogP contribution >= 0.6 is 22.7 Å². The van der Waals surface area contributed by atoms with E-state index >= 15 is 9.59 Å². The van der Waals surface area contributed by atoms with Gasteiger partial charge in [0.15, 0.2) is 0 Å². The van der Waals surface area contributed by atoms with Crippen LogP contribution in [0.25, 0.3) is 32.9 Å². The summed E-state index contributed by atoms with van der Waals surface area (Å²) in [4.78, 5) is 39.6. The fourth-order valence-electron chi connectivity index (χ4n) is 11.4. The smallest absolute Gasteiger partial charge is 0.261 e. The molecular weight excluding hydrogens is 965 g/mol. The number of carbonyl (C=O) groups is 2. The molecule has 0 fully saturated rings. The summed E-state index contributed by atoms with van der Waals surface area (Å²) in [5, 5.41) is 4.73. The number of carbonyl (C=O) groups excluding carboxylic acids is 2. The van der Waals surface area contributed by atoms with E-state index in [1.54, 1.807) is 22.7 Å². The van der Waals surface area contributed by atoms with Gasteiger partial charge in [-0.05, 0) is 108 Å². The summed E-state index contributed by atoms with van der Waals surface area (Å²) in [6.45, 7) is 10.3. The number of nitrogens with zero attached hydrogens (tertiary/aromatic N) is 2. The molecule has 0 aliphatic carbocycles. The second kappa shape index (κ2) is 29.7. The van der Waals surface area contributed by atoms with Gasteiger partial charge in [-0.1, -0.05) is 240 Å². The van der Waals surface area contributed by atoms with Gasteiger partial charge >= 0.3 is 0 Å². The van der Waals surface area contributed by atoms with Crippen molar-refractivity contribution >= 4 is 67.4 Å². The largest absolute Gasteiger partial charge is 0.306 e. The Morgan fingerprint density at radius 2 is 0.724 bits per heavy atom. The first kappa shape index (κ1) is 56.5. The first-order chi connectivity index (χ1) is 37.4. The maximum atomic E-state index is 15.9. The molecule has 0 saturated heterocycles. The van der Waals surface area contributed by atoms with E-state index < -0.39 is 0 Å². The SMILES string of the molecule is CCCCCCCCC(CCCCCC)CN1C(=O)C2=C(c3ccc(C#Cc4ccc5ccccc5c4)s3)N(CC(CCCCCC)CCCCCCCC)C(=O)C2=C1c1ccc(C#Cc2ccc3ccccc3c2)s1. The van der Waals surface area contributed by atoms with Crippen LogP contribution in [-0.4, -0.2) is 34.7 Å². The summed E-state index contributed by atoms with van der Waals surface area (Å²) in [6.07, 6.45) is 28.9. The van der Waals surface area contributed by atoms with Gasteiger partial charge in [0, 0.05) is 24.2 Å². The van der Waals surface area contributed by atoms with E-state index in [0.717, 1.165) is 80.6 Å². The minimum atomic E-state index is -0.0258. The lowest BCUT2D eigenvalue weighted by Gasteiger charge is -2.29. The number of thiophene rings is 2. The van der Waals surface area contributed by atoms with Crippen molar-refractivity contribution in [3.05, 3.63) is 151 Å². The fraction of sp³-hybridized carbons (Fsp3) is 0.457. The Balaban J connectivity index is 1.20. The molecule has 8 rings (SSSR count). The molecule has 2 amide bonds. The molecule has 2 aromatic heterocycles. The zero-order valence-electron chi connectivity index (χ0n) is 46.5. The van der Waals surface area contributed by atoms with Crippen LogP contribution in [0.1, 0.15) is 212 Å². The molecule has 6 aromatic rings. The van der Waals surface area contributed by atoms with Crippen LogP contribution in [0.4, 0.5) is 0 Å².